The molecular weight excluding hydrogens is 397 g/mol. The number of hydrogen-bond donors (Lipinski definition) is 1. The average Bonchev–Trinajstić information content (AvgIpc) is 2.73. The van der Waals surface area contributed by atoms with Crippen LogP contribution >= 0.6 is 23.2 Å². The Kier molecular flexibility index (Phi) is 7.31. The van der Waals surface area contributed by atoms with E-state index in [1.165, 1.54) is 5.56 Å². The van der Waals surface area contributed by atoms with Gasteiger partial charge in [-0.25, -0.2) is 0 Å². The SMILES string of the molecule is O=C(CCl)Nc1ccc(C(=O)N2CCN(CCc3ccc(Cl)cc3)CC2)cc1. The molecule has 2 amide bonds. The molecule has 7 heteroatoms. The number of rotatable bonds is 6. The number of benzene rings is 2. The number of amides is 2. The molecule has 3 rings (SSSR count). The van der Waals surface area contributed by atoms with Gasteiger partial charge in [0.05, 0.1) is 0 Å². The van der Waals surface area contributed by atoms with Crippen LogP contribution < -0.4 is 5.32 Å². The lowest BCUT2D eigenvalue weighted by molar-refractivity contribution is -0.113. The fourth-order valence-electron chi connectivity index (χ4n) is 3.19. The number of hydrogen-bond acceptors (Lipinski definition) is 3. The van der Waals surface area contributed by atoms with E-state index in [4.69, 9.17) is 23.2 Å². The van der Waals surface area contributed by atoms with Crippen molar-refractivity contribution in [1.82, 2.24) is 9.80 Å². The second kappa shape index (κ2) is 9.92. The first-order valence-corrected chi connectivity index (χ1v) is 10.2. The minimum atomic E-state index is -0.268. The van der Waals surface area contributed by atoms with Crippen LogP contribution in [-0.4, -0.2) is 60.2 Å². The van der Waals surface area contributed by atoms with Gasteiger partial charge >= 0.3 is 0 Å². The summed E-state index contributed by atoms with van der Waals surface area (Å²) in [5.74, 6) is -0.341. The number of anilines is 1. The van der Waals surface area contributed by atoms with Gasteiger partial charge in [0, 0.05) is 49.0 Å². The third-order valence-corrected chi connectivity index (χ3v) is 5.32. The molecule has 0 spiro atoms. The van der Waals surface area contributed by atoms with Crippen molar-refractivity contribution in [1.29, 1.82) is 0 Å². The van der Waals surface area contributed by atoms with E-state index < -0.39 is 0 Å². The summed E-state index contributed by atoms with van der Waals surface area (Å²) >= 11 is 11.4. The highest BCUT2D eigenvalue weighted by atomic mass is 35.5. The van der Waals surface area contributed by atoms with Crippen molar-refractivity contribution < 1.29 is 9.59 Å². The van der Waals surface area contributed by atoms with E-state index in [1.807, 2.05) is 17.0 Å². The summed E-state index contributed by atoms with van der Waals surface area (Å²) in [5, 5.41) is 3.42. The highest BCUT2D eigenvalue weighted by molar-refractivity contribution is 6.30. The van der Waals surface area contributed by atoms with Crippen LogP contribution in [0, 0.1) is 0 Å². The van der Waals surface area contributed by atoms with Crippen LogP contribution in [0.1, 0.15) is 15.9 Å². The Morgan fingerprint density at radius 1 is 0.929 bits per heavy atom. The average molecular weight is 420 g/mol. The number of carbonyl (C=O) groups excluding carboxylic acids is 2. The topological polar surface area (TPSA) is 52.7 Å². The van der Waals surface area contributed by atoms with E-state index in [0.717, 1.165) is 31.1 Å². The summed E-state index contributed by atoms with van der Waals surface area (Å²) in [4.78, 5) is 28.3. The molecule has 0 saturated carbocycles. The number of carbonyl (C=O) groups is 2. The van der Waals surface area contributed by atoms with Gasteiger partial charge in [-0.05, 0) is 48.4 Å². The maximum atomic E-state index is 12.7. The van der Waals surface area contributed by atoms with Crippen molar-refractivity contribution in [3.8, 4) is 0 Å². The van der Waals surface area contributed by atoms with Crippen molar-refractivity contribution in [3.63, 3.8) is 0 Å². The molecule has 0 bridgehead atoms. The fraction of sp³-hybridized carbons (Fsp3) is 0.333. The molecule has 1 aliphatic rings. The van der Waals surface area contributed by atoms with Gasteiger partial charge in [0.2, 0.25) is 5.91 Å². The molecule has 5 nitrogen and oxygen atoms in total. The Hall–Kier alpha value is -2.08. The van der Waals surface area contributed by atoms with E-state index in [-0.39, 0.29) is 17.7 Å². The monoisotopic (exact) mass is 419 g/mol. The normalized spacial score (nSPS) is 14.7. The third-order valence-electron chi connectivity index (χ3n) is 4.83. The second-order valence-corrected chi connectivity index (χ2v) is 7.47. The van der Waals surface area contributed by atoms with E-state index in [2.05, 4.69) is 22.3 Å². The molecule has 28 heavy (non-hydrogen) atoms. The highest BCUT2D eigenvalue weighted by Gasteiger charge is 2.22. The molecule has 1 saturated heterocycles. The molecule has 0 unspecified atom stereocenters. The van der Waals surface area contributed by atoms with E-state index in [1.54, 1.807) is 24.3 Å². The molecule has 1 heterocycles. The van der Waals surface area contributed by atoms with Crippen molar-refractivity contribution in [2.45, 2.75) is 6.42 Å². The van der Waals surface area contributed by atoms with Crippen LogP contribution in [0.5, 0.6) is 0 Å². The lowest BCUT2D eigenvalue weighted by Crippen LogP contribution is -2.49. The van der Waals surface area contributed by atoms with Gasteiger partial charge in [0.25, 0.3) is 5.91 Å². The van der Waals surface area contributed by atoms with Crippen LogP contribution in [0.3, 0.4) is 0 Å². The number of halogens is 2. The van der Waals surface area contributed by atoms with E-state index in [0.29, 0.717) is 24.3 Å². The first-order valence-electron chi connectivity index (χ1n) is 9.27. The Labute approximate surface area is 175 Å². The van der Waals surface area contributed by atoms with Gasteiger partial charge in [-0.15, -0.1) is 11.6 Å². The first-order chi connectivity index (χ1) is 13.5. The first kappa shape index (κ1) is 20.6. The number of alkyl halides is 1. The van der Waals surface area contributed by atoms with Gasteiger partial charge in [-0.1, -0.05) is 23.7 Å². The molecule has 0 radical (unpaired) electrons. The Morgan fingerprint density at radius 3 is 2.18 bits per heavy atom. The van der Waals surface area contributed by atoms with Crippen LogP contribution in [0.15, 0.2) is 48.5 Å². The summed E-state index contributed by atoms with van der Waals surface area (Å²) in [7, 11) is 0. The lowest BCUT2D eigenvalue weighted by Gasteiger charge is -2.34. The van der Waals surface area contributed by atoms with Crippen LogP contribution in [-0.2, 0) is 11.2 Å². The lowest BCUT2D eigenvalue weighted by atomic mass is 10.1. The summed E-state index contributed by atoms with van der Waals surface area (Å²) in [5.41, 5.74) is 2.52. The minimum absolute atomic E-state index is 0.0209. The summed E-state index contributed by atoms with van der Waals surface area (Å²) in [6.45, 7) is 4.12. The van der Waals surface area contributed by atoms with Gasteiger partial charge in [-0.3, -0.25) is 14.5 Å². The van der Waals surface area contributed by atoms with E-state index >= 15 is 0 Å². The van der Waals surface area contributed by atoms with Gasteiger partial charge in [0.1, 0.15) is 5.88 Å². The fourth-order valence-corrected chi connectivity index (χ4v) is 3.38. The predicted molar refractivity (Wildman–Crippen MR) is 113 cm³/mol. The van der Waals surface area contributed by atoms with E-state index in [9.17, 15) is 9.59 Å². The number of piperazine rings is 1. The molecule has 0 atom stereocenters. The summed E-state index contributed by atoms with van der Waals surface area (Å²) in [6.07, 6.45) is 0.973. The molecule has 1 N–H and O–H groups in total. The Morgan fingerprint density at radius 2 is 1.57 bits per heavy atom. The smallest absolute Gasteiger partial charge is 0.253 e. The molecule has 0 aliphatic carbocycles. The zero-order valence-electron chi connectivity index (χ0n) is 15.5. The predicted octanol–water partition coefficient (Wildman–Crippen LogP) is 3.52. The Balaban J connectivity index is 1.46. The van der Waals surface area contributed by atoms with Crippen LogP contribution in [0.25, 0.3) is 0 Å². The van der Waals surface area contributed by atoms with Crippen molar-refractivity contribution >= 4 is 40.7 Å². The number of nitrogens with zero attached hydrogens (tertiary/aromatic N) is 2. The third kappa shape index (κ3) is 5.71. The summed E-state index contributed by atoms with van der Waals surface area (Å²) < 4.78 is 0. The molecule has 148 valence electrons. The highest BCUT2D eigenvalue weighted by Crippen LogP contribution is 2.14. The van der Waals surface area contributed by atoms with Crippen molar-refractivity contribution in [3.05, 3.63) is 64.7 Å². The summed E-state index contributed by atoms with van der Waals surface area (Å²) in [6, 6.07) is 14.9. The van der Waals surface area contributed by atoms with Gasteiger partial charge < -0.3 is 10.2 Å². The second-order valence-electron chi connectivity index (χ2n) is 6.77. The quantitative estimate of drug-likeness (QED) is 0.728. The Bertz CT molecular complexity index is 801. The maximum absolute atomic E-state index is 12.7. The van der Waals surface area contributed by atoms with Crippen molar-refractivity contribution in [2.75, 3.05) is 43.9 Å². The largest absolute Gasteiger partial charge is 0.336 e. The molecule has 1 fully saturated rings. The van der Waals surface area contributed by atoms with Crippen LogP contribution in [0.4, 0.5) is 5.69 Å². The maximum Gasteiger partial charge on any atom is 0.253 e. The number of nitrogens with one attached hydrogen (secondary N) is 1. The zero-order valence-corrected chi connectivity index (χ0v) is 17.0. The molecule has 2 aromatic carbocycles. The van der Waals surface area contributed by atoms with Gasteiger partial charge in [-0.2, -0.15) is 0 Å². The van der Waals surface area contributed by atoms with Gasteiger partial charge in [0.15, 0.2) is 0 Å². The molecular formula is C21H23Cl2N3O2. The molecule has 1 aliphatic heterocycles. The zero-order chi connectivity index (χ0) is 19.9. The molecule has 2 aromatic rings. The minimum Gasteiger partial charge on any atom is -0.336 e. The molecule has 0 aromatic heterocycles. The van der Waals surface area contributed by atoms with Crippen molar-refractivity contribution in [2.24, 2.45) is 0 Å². The van der Waals surface area contributed by atoms with Crippen LogP contribution in [0.2, 0.25) is 5.02 Å². The standard InChI is InChI=1S/C21H23Cl2N3O2/c22-15-20(27)24-19-7-3-17(4-8-19)21(28)26-13-11-25(12-14-26)10-9-16-1-5-18(23)6-2-16/h1-8H,9-15H2,(H,24,27).